The van der Waals surface area contributed by atoms with Gasteiger partial charge >= 0.3 is 0 Å². The summed E-state index contributed by atoms with van der Waals surface area (Å²) in [7, 11) is 2.07. The van der Waals surface area contributed by atoms with E-state index in [0.29, 0.717) is 18.9 Å². The maximum Gasteiger partial charge on any atom is 0.272 e. The Morgan fingerprint density at radius 2 is 1.72 bits per heavy atom. The fourth-order valence-corrected chi connectivity index (χ4v) is 3.67. The van der Waals surface area contributed by atoms with Crippen LogP contribution >= 0.6 is 0 Å². The van der Waals surface area contributed by atoms with E-state index < -0.39 is 5.79 Å². The van der Waals surface area contributed by atoms with Gasteiger partial charge in [0.25, 0.3) is 5.91 Å². The van der Waals surface area contributed by atoms with Gasteiger partial charge in [0.1, 0.15) is 17.8 Å². The molecule has 0 aliphatic carbocycles. The predicted octanol–water partition coefficient (Wildman–Crippen LogP) is 0.208. The number of amides is 1. The zero-order valence-electron chi connectivity index (χ0n) is 14.7. The number of nitrogens with zero attached hydrogens (tertiary/aromatic N) is 5. The van der Waals surface area contributed by atoms with Crippen LogP contribution in [-0.2, 0) is 9.47 Å². The number of anilines is 1. The van der Waals surface area contributed by atoms with Crippen molar-refractivity contribution < 1.29 is 14.3 Å². The van der Waals surface area contributed by atoms with Crippen molar-refractivity contribution >= 4 is 11.7 Å². The fraction of sp³-hybridized carbons (Fsp3) is 0.706. The quantitative estimate of drug-likeness (QED) is 0.757. The molecule has 0 saturated carbocycles. The molecule has 4 heterocycles. The first kappa shape index (κ1) is 16.7. The lowest BCUT2D eigenvalue weighted by molar-refractivity contribution is -0.169. The summed E-state index contributed by atoms with van der Waals surface area (Å²) >= 11 is 0. The van der Waals surface area contributed by atoms with Gasteiger partial charge in [0.15, 0.2) is 5.79 Å². The van der Waals surface area contributed by atoms with Crippen LogP contribution in [0.4, 0.5) is 5.82 Å². The highest BCUT2D eigenvalue weighted by molar-refractivity contribution is 5.93. The Kier molecular flexibility index (Phi) is 4.58. The Hall–Kier alpha value is -1.77. The molecule has 3 fully saturated rings. The van der Waals surface area contributed by atoms with Crippen molar-refractivity contribution in [2.75, 3.05) is 64.4 Å². The summed E-state index contributed by atoms with van der Waals surface area (Å²) in [4.78, 5) is 27.6. The minimum atomic E-state index is -0.401. The third kappa shape index (κ3) is 3.47. The molecule has 0 radical (unpaired) electrons. The van der Waals surface area contributed by atoms with E-state index in [2.05, 4.69) is 26.8 Å². The molecule has 8 nitrogen and oxygen atoms in total. The normalized spacial score (nSPS) is 24.0. The van der Waals surface area contributed by atoms with Crippen molar-refractivity contribution in [3.8, 4) is 0 Å². The molecular formula is C17H25N5O3. The Bertz CT molecular complexity index is 616. The maximum absolute atomic E-state index is 12.7. The fourth-order valence-electron chi connectivity index (χ4n) is 3.67. The van der Waals surface area contributed by atoms with Gasteiger partial charge in [-0.15, -0.1) is 0 Å². The number of ether oxygens (including phenoxy) is 2. The van der Waals surface area contributed by atoms with E-state index >= 15 is 0 Å². The molecule has 0 aromatic carbocycles. The second kappa shape index (κ2) is 6.86. The van der Waals surface area contributed by atoms with Crippen LogP contribution in [0, 0.1) is 0 Å². The zero-order valence-corrected chi connectivity index (χ0v) is 14.7. The summed E-state index contributed by atoms with van der Waals surface area (Å²) in [6.45, 7) is 6.26. The molecule has 0 bridgehead atoms. The Labute approximate surface area is 147 Å². The molecule has 4 rings (SSSR count). The van der Waals surface area contributed by atoms with E-state index in [1.807, 2.05) is 11.0 Å². The van der Waals surface area contributed by atoms with Crippen molar-refractivity contribution in [2.45, 2.75) is 18.6 Å². The van der Waals surface area contributed by atoms with Crippen molar-refractivity contribution in [1.29, 1.82) is 0 Å². The van der Waals surface area contributed by atoms with Gasteiger partial charge in [-0.05, 0) is 7.05 Å². The second-order valence-corrected chi connectivity index (χ2v) is 6.95. The first-order valence-electron chi connectivity index (χ1n) is 8.98. The minimum absolute atomic E-state index is 0.00677. The smallest absolute Gasteiger partial charge is 0.272 e. The van der Waals surface area contributed by atoms with Crippen LogP contribution in [-0.4, -0.2) is 91.0 Å². The molecule has 136 valence electrons. The van der Waals surface area contributed by atoms with Crippen LogP contribution in [0.25, 0.3) is 0 Å². The molecule has 0 unspecified atom stereocenters. The number of carbonyl (C=O) groups is 1. The van der Waals surface area contributed by atoms with E-state index in [9.17, 15) is 4.79 Å². The SMILES string of the molecule is CN1CCN(C(=O)c2cc(N3CCC4(CC3)OCCO4)ncn2)CC1. The van der Waals surface area contributed by atoms with Crippen molar-refractivity contribution in [2.24, 2.45) is 0 Å². The van der Waals surface area contributed by atoms with Crippen LogP contribution in [0.2, 0.25) is 0 Å². The van der Waals surface area contributed by atoms with Crippen LogP contribution in [0.15, 0.2) is 12.4 Å². The van der Waals surface area contributed by atoms with Crippen LogP contribution in [0.5, 0.6) is 0 Å². The molecule has 3 saturated heterocycles. The highest BCUT2D eigenvalue weighted by Crippen LogP contribution is 2.32. The Morgan fingerprint density at radius 1 is 1.04 bits per heavy atom. The van der Waals surface area contributed by atoms with Crippen molar-refractivity contribution in [1.82, 2.24) is 19.8 Å². The van der Waals surface area contributed by atoms with E-state index in [4.69, 9.17) is 9.47 Å². The monoisotopic (exact) mass is 347 g/mol. The van der Waals surface area contributed by atoms with Crippen molar-refractivity contribution in [3.63, 3.8) is 0 Å². The van der Waals surface area contributed by atoms with Gasteiger partial charge in [0.2, 0.25) is 0 Å². The maximum atomic E-state index is 12.7. The molecule has 0 N–H and O–H groups in total. The zero-order chi connectivity index (χ0) is 17.3. The third-order valence-corrected chi connectivity index (χ3v) is 5.33. The number of carbonyl (C=O) groups excluding carboxylic acids is 1. The first-order chi connectivity index (χ1) is 12.2. The highest BCUT2D eigenvalue weighted by atomic mass is 16.7. The number of piperidine rings is 1. The molecule has 3 aliphatic heterocycles. The minimum Gasteiger partial charge on any atom is -0.356 e. The number of rotatable bonds is 2. The number of hydrogen-bond acceptors (Lipinski definition) is 7. The molecule has 0 atom stereocenters. The average Bonchev–Trinajstić information content (AvgIpc) is 3.10. The summed E-state index contributed by atoms with van der Waals surface area (Å²) in [6, 6.07) is 1.81. The van der Waals surface area contributed by atoms with Gasteiger partial charge in [-0.1, -0.05) is 0 Å². The van der Waals surface area contributed by atoms with Crippen LogP contribution in [0.1, 0.15) is 23.3 Å². The average molecular weight is 347 g/mol. The second-order valence-electron chi connectivity index (χ2n) is 6.95. The molecule has 1 aromatic rings. The van der Waals surface area contributed by atoms with Crippen LogP contribution < -0.4 is 4.90 Å². The number of likely N-dealkylation sites (N-methyl/N-ethyl adjacent to an activating group) is 1. The predicted molar refractivity (Wildman–Crippen MR) is 91.5 cm³/mol. The van der Waals surface area contributed by atoms with Gasteiger partial charge < -0.3 is 24.2 Å². The largest absolute Gasteiger partial charge is 0.356 e. The summed E-state index contributed by atoms with van der Waals surface area (Å²) in [5.74, 6) is 0.398. The van der Waals surface area contributed by atoms with E-state index in [0.717, 1.165) is 57.9 Å². The van der Waals surface area contributed by atoms with Gasteiger partial charge in [0.05, 0.1) is 13.2 Å². The summed E-state index contributed by atoms with van der Waals surface area (Å²) in [6.07, 6.45) is 3.13. The van der Waals surface area contributed by atoms with Gasteiger partial charge in [-0.3, -0.25) is 4.79 Å². The van der Waals surface area contributed by atoms with E-state index in [1.165, 1.54) is 6.33 Å². The van der Waals surface area contributed by atoms with Crippen molar-refractivity contribution in [3.05, 3.63) is 18.1 Å². The molecular weight excluding hydrogens is 322 g/mol. The number of aromatic nitrogens is 2. The van der Waals surface area contributed by atoms with E-state index in [-0.39, 0.29) is 5.91 Å². The highest BCUT2D eigenvalue weighted by Gasteiger charge is 2.40. The molecule has 1 aromatic heterocycles. The molecule has 25 heavy (non-hydrogen) atoms. The lowest BCUT2D eigenvalue weighted by Crippen LogP contribution is -2.47. The summed E-state index contributed by atoms with van der Waals surface area (Å²) < 4.78 is 11.5. The van der Waals surface area contributed by atoms with Gasteiger partial charge in [-0.2, -0.15) is 0 Å². The standard InChI is InChI=1S/C17H25N5O3/c1-20-6-8-22(9-7-20)16(23)14-12-15(19-13-18-14)21-4-2-17(3-5-21)24-10-11-25-17/h12-13H,2-11H2,1H3. The lowest BCUT2D eigenvalue weighted by Gasteiger charge is -2.38. The molecule has 3 aliphatic rings. The number of hydrogen-bond donors (Lipinski definition) is 0. The summed E-state index contributed by atoms with van der Waals surface area (Å²) in [5.41, 5.74) is 0.475. The molecule has 1 amide bonds. The summed E-state index contributed by atoms with van der Waals surface area (Å²) in [5, 5.41) is 0. The molecule has 8 heteroatoms. The van der Waals surface area contributed by atoms with Gasteiger partial charge in [-0.25, -0.2) is 9.97 Å². The lowest BCUT2D eigenvalue weighted by atomic mass is 10.0. The Morgan fingerprint density at radius 3 is 2.40 bits per heavy atom. The number of piperazine rings is 1. The topological polar surface area (TPSA) is 71.0 Å². The van der Waals surface area contributed by atoms with Gasteiger partial charge in [0, 0.05) is 58.2 Å². The molecule has 1 spiro atoms. The van der Waals surface area contributed by atoms with Crippen LogP contribution in [0.3, 0.4) is 0 Å². The Balaban J connectivity index is 1.42. The first-order valence-corrected chi connectivity index (χ1v) is 8.98. The third-order valence-electron chi connectivity index (χ3n) is 5.33. The van der Waals surface area contributed by atoms with E-state index in [1.54, 1.807) is 0 Å².